The predicted molar refractivity (Wildman–Crippen MR) is 112 cm³/mol. The number of hydrogen-bond donors (Lipinski definition) is 1. The molecule has 160 valence electrons. The number of aromatic nitrogens is 2. The molecule has 0 saturated carbocycles. The molecule has 0 saturated heterocycles. The zero-order valence-corrected chi connectivity index (χ0v) is 18.2. The van der Waals surface area contributed by atoms with E-state index in [1.165, 1.54) is 40.6 Å². The number of methoxy groups -OCH3 is 1. The molecule has 1 aromatic carbocycles. The van der Waals surface area contributed by atoms with Gasteiger partial charge in [0.15, 0.2) is 0 Å². The van der Waals surface area contributed by atoms with Crippen molar-refractivity contribution in [2.75, 3.05) is 7.11 Å². The second-order valence-electron chi connectivity index (χ2n) is 7.88. The molecule has 0 fully saturated rings. The molecule has 0 aliphatic carbocycles. The third-order valence-corrected chi connectivity index (χ3v) is 6.48. The Labute approximate surface area is 175 Å². The highest BCUT2D eigenvalue weighted by atomic mass is 32.2. The molecule has 3 rings (SSSR count). The number of carbonyl (C=O) groups is 1. The van der Waals surface area contributed by atoms with E-state index in [1.807, 2.05) is 20.8 Å². The molecule has 1 amide bonds. The molecule has 30 heavy (non-hydrogen) atoms. The molecule has 2 aromatic heterocycles. The van der Waals surface area contributed by atoms with E-state index in [-0.39, 0.29) is 18.0 Å². The summed E-state index contributed by atoms with van der Waals surface area (Å²) in [6.45, 7) is 5.55. The van der Waals surface area contributed by atoms with Gasteiger partial charge in [0.25, 0.3) is 10.0 Å². The molecule has 0 unspecified atom stereocenters. The van der Waals surface area contributed by atoms with Gasteiger partial charge in [-0.05, 0) is 50.1 Å². The van der Waals surface area contributed by atoms with E-state index in [0.29, 0.717) is 22.0 Å². The van der Waals surface area contributed by atoms with Crippen LogP contribution in [0.1, 0.15) is 31.9 Å². The van der Waals surface area contributed by atoms with Crippen molar-refractivity contribution in [1.82, 2.24) is 13.9 Å². The van der Waals surface area contributed by atoms with Crippen LogP contribution in [0.25, 0.3) is 10.9 Å². The molecule has 2 heterocycles. The van der Waals surface area contributed by atoms with E-state index >= 15 is 0 Å². The van der Waals surface area contributed by atoms with Crippen LogP contribution >= 0.6 is 0 Å². The van der Waals surface area contributed by atoms with Gasteiger partial charge in [-0.1, -0.05) is 12.1 Å². The SMILES string of the molecule is COC(=O)N(Cc1cn(S(=O)(=O)c2cccnc2)c2cc(CO)ccc12)C(C)(C)C. The standard InChI is InChI=1S/C21H25N3O5S/c1-21(2,3)23(20(26)29-4)12-16-13-24(19-10-15(14-25)7-8-18(16)19)30(27,28)17-6-5-9-22-11-17/h5-11,13,25H,12,14H2,1-4H3. The van der Waals surface area contributed by atoms with Crippen LogP contribution in [0.3, 0.4) is 0 Å². The zero-order chi connectivity index (χ0) is 22.1. The molecule has 9 heteroatoms. The van der Waals surface area contributed by atoms with Gasteiger partial charge in [0.2, 0.25) is 0 Å². The van der Waals surface area contributed by atoms with Crippen molar-refractivity contribution in [3.05, 3.63) is 60.0 Å². The maximum atomic E-state index is 13.3. The summed E-state index contributed by atoms with van der Waals surface area (Å²) < 4.78 is 32.7. The maximum Gasteiger partial charge on any atom is 0.410 e. The van der Waals surface area contributed by atoms with Gasteiger partial charge >= 0.3 is 6.09 Å². The summed E-state index contributed by atoms with van der Waals surface area (Å²) in [4.78, 5) is 17.8. The first-order valence-electron chi connectivity index (χ1n) is 9.34. The summed E-state index contributed by atoms with van der Waals surface area (Å²) >= 11 is 0. The van der Waals surface area contributed by atoms with E-state index in [0.717, 1.165) is 0 Å². The number of carbonyl (C=O) groups excluding carboxylic acids is 1. The quantitative estimate of drug-likeness (QED) is 0.666. The van der Waals surface area contributed by atoms with Crippen LogP contribution in [0.15, 0.2) is 53.8 Å². The van der Waals surface area contributed by atoms with Crippen molar-refractivity contribution in [2.45, 2.75) is 44.4 Å². The van der Waals surface area contributed by atoms with Crippen molar-refractivity contribution in [3.8, 4) is 0 Å². The van der Waals surface area contributed by atoms with E-state index in [2.05, 4.69) is 4.98 Å². The Hall–Kier alpha value is -2.91. The van der Waals surface area contributed by atoms with Crippen molar-refractivity contribution in [1.29, 1.82) is 0 Å². The molecular formula is C21H25N3O5S. The number of amides is 1. The molecule has 0 spiro atoms. The van der Waals surface area contributed by atoms with Crippen LogP contribution in [-0.2, 0) is 27.9 Å². The predicted octanol–water partition coefficient (Wildman–Crippen LogP) is 3.13. The van der Waals surface area contributed by atoms with Crippen molar-refractivity contribution in [3.63, 3.8) is 0 Å². The highest BCUT2D eigenvalue weighted by Gasteiger charge is 2.29. The summed E-state index contributed by atoms with van der Waals surface area (Å²) in [6, 6.07) is 8.14. The number of nitrogens with zero attached hydrogens (tertiary/aromatic N) is 3. The molecular weight excluding hydrogens is 406 g/mol. The van der Waals surface area contributed by atoms with Gasteiger partial charge in [0.1, 0.15) is 4.90 Å². The summed E-state index contributed by atoms with van der Waals surface area (Å²) in [7, 11) is -2.62. The van der Waals surface area contributed by atoms with Crippen LogP contribution in [0.5, 0.6) is 0 Å². The molecule has 1 N–H and O–H groups in total. The second kappa shape index (κ2) is 8.08. The fraction of sp³-hybridized carbons (Fsp3) is 0.333. The Morgan fingerprint density at radius 1 is 1.27 bits per heavy atom. The minimum absolute atomic E-state index is 0.0449. The summed E-state index contributed by atoms with van der Waals surface area (Å²) in [5.74, 6) is 0. The Balaban J connectivity index is 2.21. The van der Waals surface area contributed by atoms with Crippen molar-refractivity contribution in [2.24, 2.45) is 0 Å². The molecule has 0 atom stereocenters. The van der Waals surface area contributed by atoms with Gasteiger partial charge in [-0.25, -0.2) is 17.2 Å². The number of benzene rings is 1. The summed E-state index contributed by atoms with van der Waals surface area (Å²) in [5.41, 5.74) is 1.09. The number of aliphatic hydroxyl groups excluding tert-OH is 1. The number of fused-ring (bicyclic) bond motifs is 1. The number of aliphatic hydroxyl groups is 1. The Bertz CT molecular complexity index is 1160. The second-order valence-corrected chi connectivity index (χ2v) is 9.70. The molecule has 0 bridgehead atoms. The minimum Gasteiger partial charge on any atom is -0.453 e. The Morgan fingerprint density at radius 2 is 2.00 bits per heavy atom. The van der Waals surface area contributed by atoms with Crippen molar-refractivity contribution < 1.29 is 23.1 Å². The number of rotatable bonds is 5. The lowest BCUT2D eigenvalue weighted by Crippen LogP contribution is -2.44. The smallest absolute Gasteiger partial charge is 0.410 e. The third-order valence-electron chi connectivity index (χ3n) is 4.83. The molecule has 3 aromatic rings. The molecule has 0 radical (unpaired) electrons. The largest absolute Gasteiger partial charge is 0.453 e. The first-order valence-corrected chi connectivity index (χ1v) is 10.8. The topological polar surface area (TPSA) is 102 Å². The average molecular weight is 432 g/mol. The number of hydrogen-bond acceptors (Lipinski definition) is 6. The zero-order valence-electron chi connectivity index (χ0n) is 17.4. The number of pyridine rings is 1. The van der Waals surface area contributed by atoms with Gasteiger partial charge in [-0.3, -0.25) is 9.88 Å². The van der Waals surface area contributed by atoms with E-state index < -0.39 is 21.7 Å². The molecule has 0 aliphatic rings. The lowest BCUT2D eigenvalue weighted by atomic mass is 10.0. The summed E-state index contributed by atoms with van der Waals surface area (Å²) in [5, 5.41) is 10.2. The van der Waals surface area contributed by atoms with E-state index in [4.69, 9.17) is 4.74 Å². The molecule has 8 nitrogen and oxygen atoms in total. The minimum atomic E-state index is -3.93. The van der Waals surface area contributed by atoms with Gasteiger partial charge in [0.05, 0.1) is 25.8 Å². The maximum absolute atomic E-state index is 13.3. The fourth-order valence-corrected chi connectivity index (χ4v) is 4.55. The van der Waals surface area contributed by atoms with E-state index in [1.54, 1.807) is 24.3 Å². The Kier molecular flexibility index (Phi) is 5.87. The highest BCUT2D eigenvalue weighted by Crippen LogP contribution is 2.29. The third kappa shape index (κ3) is 4.03. The van der Waals surface area contributed by atoms with E-state index in [9.17, 15) is 18.3 Å². The normalized spacial score (nSPS) is 12.2. The lowest BCUT2D eigenvalue weighted by Gasteiger charge is -2.34. The lowest BCUT2D eigenvalue weighted by molar-refractivity contribution is 0.0795. The van der Waals surface area contributed by atoms with Crippen LogP contribution in [0, 0.1) is 0 Å². The average Bonchev–Trinajstić information content (AvgIpc) is 3.09. The van der Waals surface area contributed by atoms with Gasteiger partial charge < -0.3 is 9.84 Å². The van der Waals surface area contributed by atoms with Gasteiger partial charge in [-0.15, -0.1) is 0 Å². The van der Waals surface area contributed by atoms with Gasteiger partial charge in [0, 0.05) is 29.5 Å². The van der Waals surface area contributed by atoms with Crippen molar-refractivity contribution >= 4 is 27.0 Å². The fourth-order valence-electron chi connectivity index (χ4n) is 3.20. The van der Waals surface area contributed by atoms with Gasteiger partial charge in [-0.2, -0.15) is 0 Å². The monoisotopic (exact) mass is 431 g/mol. The van der Waals surface area contributed by atoms with Crippen LogP contribution < -0.4 is 0 Å². The van der Waals surface area contributed by atoms with Crippen LogP contribution in [0.2, 0.25) is 0 Å². The Morgan fingerprint density at radius 3 is 2.57 bits per heavy atom. The van der Waals surface area contributed by atoms with Crippen LogP contribution in [-0.4, -0.2) is 46.1 Å². The first kappa shape index (κ1) is 21.8. The molecule has 0 aliphatic heterocycles. The van der Waals surface area contributed by atoms with Crippen LogP contribution in [0.4, 0.5) is 4.79 Å². The number of ether oxygens (including phenoxy) is 1. The summed E-state index contributed by atoms with van der Waals surface area (Å²) in [6.07, 6.45) is 3.78. The first-order chi connectivity index (χ1) is 14.1. The highest BCUT2D eigenvalue weighted by molar-refractivity contribution is 7.90.